The zero-order chi connectivity index (χ0) is 20.7. The van der Waals surface area contributed by atoms with E-state index in [9.17, 15) is 4.79 Å². The second kappa shape index (κ2) is 9.60. The molecule has 156 valence electrons. The zero-order valence-corrected chi connectivity index (χ0v) is 17.4. The van der Waals surface area contributed by atoms with Gasteiger partial charge in [-0.3, -0.25) is 0 Å². The second-order valence-corrected chi connectivity index (χ2v) is 7.57. The van der Waals surface area contributed by atoms with Gasteiger partial charge in [-0.25, -0.2) is 9.78 Å². The summed E-state index contributed by atoms with van der Waals surface area (Å²) in [5.74, 6) is 1.70. The number of rotatable bonds is 7. The van der Waals surface area contributed by atoms with E-state index in [1.807, 2.05) is 43.3 Å². The minimum Gasteiger partial charge on any atom is -0.497 e. The molecule has 3 rings (SSSR count). The normalized spacial score (nSPS) is 15.4. The number of hydrogen-bond acceptors (Lipinski definition) is 5. The van der Waals surface area contributed by atoms with E-state index in [2.05, 4.69) is 27.8 Å². The fraction of sp³-hybridized carbons (Fsp3) is 0.455. The second-order valence-electron chi connectivity index (χ2n) is 7.57. The maximum absolute atomic E-state index is 12.5. The molecule has 2 N–H and O–H groups in total. The average Bonchev–Trinajstić information content (AvgIpc) is 2.77. The summed E-state index contributed by atoms with van der Waals surface area (Å²) in [5, 5.41) is 6.01. The first-order chi connectivity index (χ1) is 14.0. The van der Waals surface area contributed by atoms with Crippen LogP contribution in [-0.4, -0.2) is 52.0 Å². The topological polar surface area (TPSA) is 75.7 Å². The Bertz CT molecular complexity index is 802. The molecule has 1 aromatic carbocycles. The third-order valence-electron chi connectivity index (χ3n) is 5.46. The fourth-order valence-corrected chi connectivity index (χ4v) is 3.58. The number of benzene rings is 1. The van der Waals surface area contributed by atoms with Crippen LogP contribution in [-0.2, 0) is 16.7 Å². The van der Waals surface area contributed by atoms with Crippen LogP contribution in [0.4, 0.5) is 10.6 Å². The van der Waals surface area contributed by atoms with Gasteiger partial charge in [-0.2, -0.15) is 0 Å². The van der Waals surface area contributed by atoms with E-state index < -0.39 is 0 Å². The molecule has 0 radical (unpaired) electrons. The molecule has 7 nitrogen and oxygen atoms in total. The van der Waals surface area contributed by atoms with Crippen molar-refractivity contribution in [3.8, 4) is 5.75 Å². The van der Waals surface area contributed by atoms with Crippen molar-refractivity contribution in [3.05, 3.63) is 53.7 Å². The maximum atomic E-state index is 12.5. The monoisotopic (exact) mass is 398 g/mol. The van der Waals surface area contributed by atoms with Crippen molar-refractivity contribution in [1.82, 2.24) is 15.6 Å². The highest BCUT2D eigenvalue weighted by atomic mass is 16.5. The van der Waals surface area contributed by atoms with Crippen molar-refractivity contribution in [2.24, 2.45) is 0 Å². The van der Waals surface area contributed by atoms with Crippen LogP contribution in [0.1, 0.15) is 24.0 Å². The number of urea groups is 1. The number of hydrogen-bond donors (Lipinski definition) is 2. The third-order valence-corrected chi connectivity index (χ3v) is 5.46. The largest absolute Gasteiger partial charge is 0.497 e. The highest BCUT2D eigenvalue weighted by Crippen LogP contribution is 2.35. The summed E-state index contributed by atoms with van der Waals surface area (Å²) in [5.41, 5.74) is 2.08. The third kappa shape index (κ3) is 5.38. The number of nitrogens with one attached hydrogen (secondary N) is 2. The first kappa shape index (κ1) is 20.9. The molecule has 1 aliphatic heterocycles. The molecule has 2 amide bonds. The predicted molar refractivity (Wildman–Crippen MR) is 114 cm³/mol. The van der Waals surface area contributed by atoms with Crippen molar-refractivity contribution in [3.63, 3.8) is 0 Å². The van der Waals surface area contributed by atoms with Crippen LogP contribution in [0.15, 0.2) is 42.6 Å². The van der Waals surface area contributed by atoms with Gasteiger partial charge in [0.15, 0.2) is 0 Å². The number of ether oxygens (including phenoxy) is 2. The Kier molecular flexibility index (Phi) is 6.93. The van der Waals surface area contributed by atoms with Gasteiger partial charge in [-0.1, -0.05) is 12.1 Å². The van der Waals surface area contributed by atoms with Gasteiger partial charge in [-0.15, -0.1) is 0 Å². The summed E-state index contributed by atoms with van der Waals surface area (Å²) in [7, 11) is 5.55. The van der Waals surface area contributed by atoms with E-state index in [-0.39, 0.29) is 11.4 Å². The Morgan fingerprint density at radius 3 is 2.55 bits per heavy atom. The number of amides is 2. The standard InChI is InChI=1S/C22H30N4O3/c1-26(2)20-14-17(8-11-23-20)15-24-21(27)25-16-22(9-12-29-13-10-22)18-4-6-19(28-3)7-5-18/h4-8,11,14H,9-10,12-13,15-16H2,1-3H3,(H2,24,25,27). The zero-order valence-electron chi connectivity index (χ0n) is 17.4. The molecule has 0 unspecified atom stereocenters. The van der Waals surface area contributed by atoms with Gasteiger partial charge >= 0.3 is 6.03 Å². The van der Waals surface area contributed by atoms with Crippen molar-refractivity contribution in [2.75, 3.05) is 45.9 Å². The number of nitrogens with zero attached hydrogens (tertiary/aromatic N) is 2. The number of carbonyl (C=O) groups excluding carboxylic acids is 1. The van der Waals surface area contributed by atoms with Crippen molar-refractivity contribution < 1.29 is 14.3 Å². The van der Waals surface area contributed by atoms with E-state index in [1.54, 1.807) is 13.3 Å². The molecule has 1 aromatic heterocycles. The molecule has 29 heavy (non-hydrogen) atoms. The molecule has 0 bridgehead atoms. The highest BCUT2D eigenvalue weighted by molar-refractivity contribution is 5.74. The first-order valence-corrected chi connectivity index (χ1v) is 9.89. The number of aromatic nitrogens is 1. The fourth-order valence-electron chi connectivity index (χ4n) is 3.58. The van der Waals surface area contributed by atoms with Crippen molar-refractivity contribution in [2.45, 2.75) is 24.8 Å². The molecule has 1 fully saturated rings. The van der Waals surface area contributed by atoms with Gasteiger partial charge < -0.3 is 25.0 Å². The van der Waals surface area contributed by atoms with Gasteiger partial charge in [-0.05, 0) is 48.2 Å². The molecule has 0 saturated carbocycles. The minimum atomic E-state index is -0.174. The SMILES string of the molecule is COc1ccc(C2(CNC(=O)NCc3ccnc(N(C)C)c3)CCOCC2)cc1. The lowest BCUT2D eigenvalue weighted by molar-refractivity contribution is 0.0506. The summed E-state index contributed by atoms with van der Waals surface area (Å²) in [6.45, 7) is 2.40. The number of carbonyl (C=O) groups is 1. The van der Waals surface area contributed by atoms with Crippen LogP contribution >= 0.6 is 0 Å². The summed E-state index contributed by atoms with van der Waals surface area (Å²) < 4.78 is 10.8. The molecule has 2 heterocycles. The van der Waals surface area contributed by atoms with Crippen LogP contribution in [0.3, 0.4) is 0 Å². The lowest BCUT2D eigenvalue weighted by Gasteiger charge is -2.38. The molecular weight excluding hydrogens is 368 g/mol. The van der Waals surface area contributed by atoms with E-state index >= 15 is 0 Å². The lowest BCUT2D eigenvalue weighted by Crippen LogP contribution is -2.47. The Morgan fingerprint density at radius 1 is 1.17 bits per heavy atom. The number of methoxy groups -OCH3 is 1. The first-order valence-electron chi connectivity index (χ1n) is 9.89. The molecule has 0 spiro atoms. The maximum Gasteiger partial charge on any atom is 0.315 e. The molecular formula is C22H30N4O3. The average molecular weight is 399 g/mol. The summed E-state index contributed by atoms with van der Waals surface area (Å²) in [6.07, 6.45) is 3.50. The number of pyridine rings is 1. The summed E-state index contributed by atoms with van der Waals surface area (Å²) in [6, 6.07) is 11.8. The van der Waals surface area contributed by atoms with E-state index in [0.29, 0.717) is 26.3 Å². The van der Waals surface area contributed by atoms with E-state index in [4.69, 9.17) is 9.47 Å². The minimum absolute atomic E-state index is 0.128. The smallest absolute Gasteiger partial charge is 0.315 e. The van der Waals surface area contributed by atoms with E-state index in [0.717, 1.165) is 30.0 Å². The van der Waals surface area contributed by atoms with Crippen molar-refractivity contribution in [1.29, 1.82) is 0 Å². The van der Waals surface area contributed by atoms with Gasteiger partial charge in [0.1, 0.15) is 11.6 Å². The van der Waals surface area contributed by atoms with Crippen LogP contribution in [0, 0.1) is 0 Å². The molecule has 0 aliphatic carbocycles. The van der Waals surface area contributed by atoms with Crippen LogP contribution < -0.4 is 20.3 Å². The molecule has 7 heteroatoms. The molecule has 2 aromatic rings. The van der Waals surface area contributed by atoms with Crippen LogP contribution in [0.25, 0.3) is 0 Å². The quantitative estimate of drug-likeness (QED) is 0.750. The Labute approximate surface area is 172 Å². The molecule has 1 aliphatic rings. The Balaban J connectivity index is 1.60. The number of anilines is 1. The lowest BCUT2D eigenvalue weighted by atomic mass is 9.74. The molecule has 1 saturated heterocycles. The van der Waals surface area contributed by atoms with Gasteiger partial charge in [0, 0.05) is 52.0 Å². The van der Waals surface area contributed by atoms with Gasteiger partial charge in [0.2, 0.25) is 0 Å². The molecule has 0 atom stereocenters. The van der Waals surface area contributed by atoms with Crippen molar-refractivity contribution >= 4 is 11.8 Å². The predicted octanol–water partition coefficient (Wildman–Crippen LogP) is 2.70. The van der Waals surface area contributed by atoms with Crippen LogP contribution in [0.2, 0.25) is 0 Å². The van der Waals surface area contributed by atoms with E-state index in [1.165, 1.54) is 5.56 Å². The summed E-state index contributed by atoms with van der Waals surface area (Å²) >= 11 is 0. The highest BCUT2D eigenvalue weighted by Gasteiger charge is 2.34. The Morgan fingerprint density at radius 2 is 1.90 bits per heavy atom. The van der Waals surface area contributed by atoms with Gasteiger partial charge in [0.25, 0.3) is 0 Å². The Hall–Kier alpha value is -2.80. The summed E-state index contributed by atoms with van der Waals surface area (Å²) in [4.78, 5) is 18.7. The van der Waals surface area contributed by atoms with Gasteiger partial charge in [0.05, 0.1) is 7.11 Å². The van der Waals surface area contributed by atoms with Crippen LogP contribution in [0.5, 0.6) is 5.75 Å².